The molecule has 0 amide bonds. The first-order valence-corrected chi connectivity index (χ1v) is 9.97. The van der Waals surface area contributed by atoms with Gasteiger partial charge in [0.2, 0.25) is 0 Å². The van der Waals surface area contributed by atoms with Crippen molar-refractivity contribution < 1.29 is 0 Å². The first-order chi connectivity index (χ1) is 12.6. The van der Waals surface area contributed by atoms with Gasteiger partial charge in [0.05, 0.1) is 21.8 Å². The van der Waals surface area contributed by atoms with Crippen molar-refractivity contribution in [1.82, 2.24) is 19.1 Å². The van der Waals surface area contributed by atoms with Gasteiger partial charge in [0.25, 0.3) is 11.1 Å². The van der Waals surface area contributed by atoms with Crippen molar-refractivity contribution >= 4 is 43.4 Å². The predicted molar refractivity (Wildman–Crippen MR) is 106 cm³/mol. The lowest BCUT2D eigenvalue weighted by atomic mass is 10.2. The van der Waals surface area contributed by atoms with Crippen molar-refractivity contribution in [1.29, 1.82) is 0 Å². The van der Waals surface area contributed by atoms with Gasteiger partial charge in [-0.25, -0.2) is 9.97 Å². The number of benzene rings is 2. The molecular formula is C18H14N4O2S2. The Labute approximate surface area is 156 Å². The Hall–Kier alpha value is -2.58. The van der Waals surface area contributed by atoms with Crippen LogP contribution in [0.2, 0.25) is 0 Å². The van der Waals surface area contributed by atoms with E-state index in [4.69, 9.17) is 0 Å². The standard InChI is InChI=1S/C18H14N4O2S2/c1-21-15(23)11-7-3-5-9-13(11)19-17(21)25-26-18-20-14-10-6-4-8-12(14)16(24)22(18)2/h3-10H,1-2H3. The van der Waals surface area contributed by atoms with Gasteiger partial charge in [0.15, 0.2) is 10.3 Å². The second-order valence-electron chi connectivity index (χ2n) is 5.72. The van der Waals surface area contributed by atoms with Gasteiger partial charge in [-0.3, -0.25) is 18.7 Å². The molecule has 4 rings (SSSR count). The van der Waals surface area contributed by atoms with Crippen LogP contribution >= 0.6 is 21.6 Å². The van der Waals surface area contributed by atoms with Crippen molar-refractivity contribution in [2.45, 2.75) is 10.3 Å². The second-order valence-corrected chi connectivity index (χ2v) is 7.78. The van der Waals surface area contributed by atoms with Crippen molar-refractivity contribution in [2.24, 2.45) is 14.1 Å². The Morgan fingerprint density at radius 3 is 1.50 bits per heavy atom. The molecule has 0 saturated heterocycles. The highest BCUT2D eigenvalue weighted by molar-refractivity contribution is 8.76. The highest BCUT2D eigenvalue weighted by Gasteiger charge is 2.13. The van der Waals surface area contributed by atoms with Crippen LogP contribution in [-0.2, 0) is 14.1 Å². The van der Waals surface area contributed by atoms with Crippen molar-refractivity contribution in [3.05, 3.63) is 69.2 Å². The summed E-state index contributed by atoms with van der Waals surface area (Å²) in [6, 6.07) is 14.5. The number of hydrogen-bond acceptors (Lipinski definition) is 6. The fourth-order valence-corrected chi connectivity index (χ4v) is 4.77. The fourth-order valence-electron chi connectivity index (χ4n) is 2.62. The van der Waals surface area contributed by atoms with Crippen LogP contribution < -0.4 is 11.1 Å². The number of hydrogen-bond donors (Lipinski definition) is 0. The Morgan fingerprint density at radius 1 is 0.692 bits per heavy atom. The Morgan fingerprint density at radius 2 is 1.08 bits per heavy atom. The molecule has 0 N–H and O–H groups in total. The van der Waals surface area contributed by atoms with E-state index in [2.05, 4.69) is 9.97 Å². The zero-order chi connectivity index (χ0) is 18.3. The average Bonchev–Trinajstić information content (AvgIpc) is 2.67. The van der Waals surface area contributed by atoms with Crippen LogP contribution in [0.1, 0.15) is 0 Å². The molecule has 0 aliphatic heterocycles. The molecule has 0 unspecified atom stereocenters. The van der Waals surface area contributed by atoms with Crippen LogP contribution in [0.3, 0.4) is 0 Å². The van der Waals surface area contributed by atoms with Crippen LogP contribution in [-0.4, -0.2) is 19.1 Å². The highest BCUT2D eigenvalue weighted by Crippen LogP contribution is 2.34. The van der Waals surface area contributed by atoms with Crippen LogP contribution in [0, 0.1) is 0 Å². The lowest BCUT2D eigenvalue weighted by Gasteiger charge is -2.10. The molecular weight excluding hydrogens is 368 g/mol. The van der Waals surface area contributed by atoms with E-state index in [9.17, 15) is 9.59 Å². The van der Waals surface area contributed by atoms with E-state index in [1.165, 1.54) is 30.7 Å². The minimum atomic E-state index is -0.0981. The molecule has 0 fully saturated rings. The van der Waals surface area contributed by atoms with E-state index in [0.717, 1.165) is 0 Å². The molecule has 0 radical (unpaired) electrons. The lowest BCUT2D eigenvalue weighted by Crippen LogP contribution is -2.20. The van der Waals surface area contributed by atoms with E-state index in [1.54, 1.807) is 26.2 Å². The molecule has 0 aliphatic rings. The van der Waals surface area contributed by atoms with E-state index in [0.29, 0.717) is 32.1 Å². The van der Waals surface area contributed by atoms with Gasteiger partial charge in [-0.2, -0.15) is 0 Å². The third kappa shape index (κ3) is 2.81. The minimum absolute atomic E-state index is 0.0981. The maximum atomic E-state index is 12.5. The minimum Gasteiger partial charge on any atom is -0.290 e. The molecule has 0 bridgehead atoms. The molecule has 0 aliphatic carbocycles. The summed E-state index contributed by atoms with van der Waals surface area (Å²) in [4.78, 5) is 34.1. The Bertz CT molecular complexity index is 1160. The highest BCUT2D eigenvalue weighted by atomic mass is 33.1. The van der Waals surface area contributed by atoms with Crippen molar-refractivity contribution in [3.63, 3.8) is 0 Å². The first kappa shape index (κ1) is 16.9. The third-order valence-corrected chi connectivity index (χ3v) is 6.33. The Balaban J connectivity index is 1.74. The first-order valence-electron chi connectivity index (χ1n) is 7.82. The van der Waals surface area contributed by atoms with Gasteiger partial charge >= 0.3 is 0 Å². The maximum Gasteiger partial charge on any atom is 0.261 e. The molecule has 6 nitrogen and oxygen atoms in total. The smallest absolute Gasteiger partial charge is 0.261 e. The molecule has 2 heterocycles. The molecule has 0 spiro atoms. The molecule has 130 valence electrons. The van der Waals surface area contributed by atoms with Crippen LogP contribution in [0.4, 0.5) is 0 Å². The van der Waals surface area contributed by atoms with Gasteiger partial charge in [0, 0.05) is 14.1 Å². The summed E-state index contributed by atoms with van der Waals surface area (Å²) in [7, 11) is 6.00. The second kappa shape index (κ2) is 6.62. The largest absolute Gasteiger partial charge is 0.290 e. The monoisotopic (exact) mass is 382 g/mol. The topological polar surface area (TPSA) is 69.8 Å². The van der Waals surface area contributed by atoms with Gasteiger partial charge in [-0.05, 0) is 45.9 Å². The van der Waals surface area contributed by atoms with E-state index >= 15 is 0 Å². The van der Waals surface area contributed by atoms with E-state index in [-0.39, 0.29) is 11.1 Å². The van der Waals surface area contributed by atoms with Crippen LogP contribution in [0.5, 0.6) is 0 Å². The molecule has 4 aromatic rings. The van der Waals surface area contributed by atoms with Crippen LogP contribution in [0.15, 0.2) is 68.4 Å². The van der Waals surface area contributed by atoms with Gasteiger partial charge in [-0.1, -0.05) is 24.3 Å². The number of aromatic nitrogens is 4. The summed E-state index contributed by atoms with van der Waals surface area (Å²) in [5.41, 5.74) is 1.11. The average molecular weight is 382 g/mol. The van der Waals surface area contributed by atoms with Gasteiger partial charge in [-0.15, -0.1) is 0 Å². The summed E-state index contributed by atoms with van der Waals surface area (Å²) in [6.45, 7) is 0. The SMILES string of the molecule is Cn1c(SSc2nc3ccccc3c(=O)n2C)nc2ccccc2c1=O. The lowest BCUT2D eigenvalue weighted by molar-refractivity contribution is 0.725. The molecule has 2 aromatic heterocycles. The van der Waals surface area contributed by atoms with E-state index in [1.807, 2.05) is 36.4 Å². The van der Waals surface area contributed by atoms with Gasteiger partial charge < -0.3 is 0 Å². The molecule has 0 atom stereocenters. The third-order valence-electron chi connectivity index (χ3n) is 4.07. The normalized spacial score (nSPS) is 11.3. The number of nitrogens with zero attached hydrogens (tertiary/aromatic N) is 4. The zero-order valence-electron chi connectivity index (χ0n) is 14.0. The summed E-state index contributed by atoms with van der Waals surface area (Å²) in [6.07, 6.45) is 0. The maximum absolute atomic E-state index is 12.5. The Kier molecular flexibility index (Phi) is 4.29. The number of para-hydroxylation sites is 2. The van der Waals surface area contributed by atoms with E-state index < -0.39 is 0 Å². The summed E-state index contributed by atoms with van der Waals surface area (Å²) in [5, 5.41) is 2.28. The van der Waals surface area contributed by atoms with Crippen LogP contribution in [0.25, 0.3) is 21.8 Å². The molecule has 2 aromatic carbocycles. The van der Waals surface area contributed by atoms with Crippen molar-refractivity contribution in [3.8, 4) is 0 Å². The molecule has 8 heteroatoms. The predicted octanol–water partition coefficient (Wildman–Crippen LogP) is 2.98. The quantitative estimate of drug-likeness (QED) is 0.401. The zero-order valence-corrected chi connectivity index (χ0v) is 15.7. The summed E-state index contributed by atoms with van der Waals surface area (Å²) >= 11 is 0. The molecule has 26 heavy (non-hydrogen) atoms. The van der Waals surface area contributed by atoms with Gasteiger partial charge in [0.1, 0.15) is 0 Å². The summed E-state index contributed by atoms with van der Waals surface area (Å²) < 4.78 is 3.03. The van der Waals surface area contributed by atoms with Crippen molar-refractivity contribution in [2.75, 3.05) is 0 Å². The summed E-state index contributed by atoms with van der Waals surface area (Å²) in [5.74, 6) is 0. The fraction of sp³-hybridized carbons (Fsp3) is 0.111. The number of rotatable bonds is 3. The molecule has 0 saturated carbocycles. The number of fused-ring (bicyclic) bond motifs is 2.